The van der Waals surface area contributed by atoms with Crippen LogP contribution < -0.4 is 0 Å². The molecule has 0 saturated carbocycles. The zero-order valence-corrected chi connectivity index (χ0v) is 13.7. The van der Waals surface area contributed by atoms with Crippen LogP contribution in [0.4, 0.5) is 0 Å². The van der Waals surface area contributed by atoms with Crippen LogP contribution in [0.5, 0.6) is 0 Å². The molecule has 0 unspecified atom stereocenters. The number of hydrogen-bond acceptors (Lipinski definition) is 5. The van der Waals surface area contributed by atoms with Crippen molar-refractivity contribution in [2.75, 3.05) is 0 Å². The molecule has 0 atom stereocenters. The van der Waals surface area contributed by atoms with Gasteiger partial charge in [0.05, 0.1) is 27.2 Å². The predicted octanol–water partition coefficient (Wildman–Crippen LogP) is 3.85. The number of halogens is 1. The Bertz CT molecular complexity index is 1170. The van der Waals surface area contributed by atoms with Gasteiger partial charge in [-0.1, -0.05) is 29.8 Å². The van der Waals surface area contributed by atoms with Crippen LogP contribution in [0, 0.1) is 0 Å². The lowest BCUT2D eigenvalue weighted by Crippen LogP contribution is -1.99. The number of fused-ring (bicyclic) bond motifs is 3. The van der Waals surface area contributed by atoms with Crippen LogP contribution in [0.1, 0.15) is 0 Å². The zero-order valence-electron chi connectivity index (χ0n) is 12.2. The van der Waals surface area contributed by atoms with Crippen molar-refractivity contribution in [3.8, 4) is 16.4 Å². The molecule has 0 fully saturated rings. The Hall–Kier alpha value is -2.77. The van der Waals surface area contributed by atoms with E-state index in [9.17, 15) is 0 Å². The lowest BCUT2D eigenvalue weighted by Gasteiger charge is -2.04. The molecular weight excluding hydrogens is 344 g/mol. The summed E-state index contributed by atoms with van der Waals surface area (Å²) in [6, 6.07) is 11.5. The fraction of sp³-hybridized carbons (Fsp3) is 0. The molecule has 0 bridgehead atoms. The van der Waals surface area contributed by atoms with Crippen molar-refractivity contribution < 1.29 is 0 Å². The summed E-state index contributed by atoms with van der Waals surface area (Å²) < 4.78 is 3.40. The highest BCUT2D eigenvalue weighted by Gasteiger charge is 2.15. The van der Waals surface area contributed by atoms with E-state index in [4.69, 9.17) is 11.6 Å². The van der Waals surface area contributed by atoms with E-state index < -0.39 is 0 Å². The van der Waals surface area contributed by atoms with Crippen molar-refractivity contribution in [3.05, 3.63) is 59.3 Å². The fourth-order valence-corrected chi connectivity index (χ4v) is 3.50. The highest BCUT2D eigenvalue weighted by molar-refractivity contribution is 7.13. The van der Waals surface area contributed by atoms with E-state index in [1.807, 2.05) is 41.8 Å². The molecule has 0 amide bonds. The van der Waals surface area contributed by atoms with Crippen LogP contribution in [0.25, 0.3) is 33.1 Å². The molecule has 0 N–H and O–H groups in total. The molecule has 116 valence electrons. The fourth-order valence-electron chi connectivity index (χ4n) is 2.63. The number of para-hydroxylation sites is 1. The number of thiophene rings is 1. The Morgan fingerprint density at radius 1 is 1.04 bits per heavy atom. The Balaban J connectivity index is 1.77. The molecule has 0 radical (unpaired) electrons. The van der Waals surface area contributed by atoms with Gasteiger partial charge in [0, 0.05) is 0 Å². The van der Waals surface area contributed by atoms with Crippen LogP contribution in [0.15, 0.2) is 54.3 Å². The smallest absolute Gasteiger partial charge is 0.192 e. The number of rotatable bonds is 2. The molecule has 0 aliphatic heterocycles. The maximum absolute atomic E-state index is 6.29. The summed E-state index contributed by atoms with van der Waals surface area (Å²) in [6.45, 7) is 0. The lowest BCUT2D eigenvalue weighted by molar-refractivity contribution is 0.883. The minimum Gasteiger partial charge on any atom is -0.216 e. The van der Waals surface area contributed by atoms with Gasteiger partial charge in [-0.25, -0.2) is 19.2 Å². The first-order valence-electron chi connectivity index (χ1n) is 7.19. The Kier molecular flexibility index (Phi) is 2.91. The molecule has 0 saturated heterocycles. The molecule has 6 nitrogen and oxygen atoms in total. The summed E-state index contributed by atoms with van der Waals surface area (Å²) in [5.41, 5.74) is 2.20. The van der Waals surface area contributed by atoms with E-state index >= 15 is 0 Å². The molecule has 24 heavy (non-hydrogen) atoms. The van der Waals surface area contributed by atoms with Gasteiger partial charge in [-0.2, -0.15) is 5.10 Å². The third-order valence-electron chi connectivity index (χ3n) is 3.73. The molecule has 0 aliphatic carbocycles. The summed E-state index contributed by atoms with van der Waals surface area (Å²) in [5.74, 6) is 0.685. The third-order valence-corrected chi connectivity index (χ3v) is 4.91. The number of benzene rings is 1. The molecule has 4 heterocycles. The number of nitrogens with zero attached hydrogens (tertiary/aromatic N) is 6. The molecule has 0 aliphatic rings. The number of aromatic nitrogens is 6. The maximum atomic E-state index is 6.29. The van der Waals surface area contributed by atoms with Crippen LogP contribution in [0.2, 0.25) is 5.02 Å². The van der Waals surface area contributed by atoms with Gasteiger partial charge in [0.25, 0.3) is 0 Å². The van der Waals surface area contributed by atoms with Crippen molar-refractivity contribution in [1.29, 1.82) is 0 Å². The first-order chi connectivity index (χ1) is 11.8. The summed E-state index contributed by atoms with van der Waals surface area (Å²) in [4.78, 5) is 10.2. The van der Waals surface area contributed by atoms with E-state index in [1.165, 1.54) is 0 Å². The standard InChI is InChI=1S/C16H9ClN6S/c17-11-4-1-2-5-12(11)23-15-10(8-19-23)16-20-14(13-6-3-7-24-13)21-22(16)9-18-15/h1-9H. The van der Waals surface area contributed by atoms with Gasteiger partial charge in [0.2, 0.25) is 0 Å². The van der Waals surface area contributed by atoms with E-state index in [2.05, 4.69) is 20.2 Å². The molecule has 5 aromatic rings. The SMILES string of the molecule is Clc1ccccc1-n1ncc2c1ncn1nc(-c3cccs3)nc21. The summed E-state index contributed by atoms with van der Waals surface area (Å²) in [6.07, 6.45) is 3.39. The molecule has 8 heteroatoms. The predicted molar refractivity (Wildman–Crippen MR) is 93.7 cm³/mol. The summed E-state index contributed by atoms with van der Waals surface area (Å²) in [7, 11) is 0. The maximum Gasteiger partial charge on any atom is 0.192 e. The third kappa shape index (κ3) is 1.95. The van der Waals surface area contributed by atoms with E-state index in [0.717, 1.165) is 21.6 Å². The van der Waals surface area contributed by atoms with Gasteiger partial charge < -0.3 is 0 Å². The van der Waals surface area contributed by atoms with Gasteiger partial charge in [-0.05, 0) is 23.6 Å². The molecule has 4 aromatic heterocycles. The van der Waals surface area contributed by atoms with Crippen LogP contribution in [0.3, 0.4) is 0 Å². The van der Waals surface area contributed by atoms with Crippen LogP contribution >= 0.6 is 22.9 Å². The lowest BCUT2D eigenvalue weighted by atomic mass is 10.3. The van der Waals surface area contributed by atoms with Crippen molar-refractivity contribution in [3.63, 3.8) is 0 Å². The van der Waals surface area contributed by atoms with Crippen LogP contribution in [-0.4, -0.2) is 29.4 Å². The average Bonchev–Trinajstić information content (AvgIpc) is 3.32. The van der Waals surface area contributed by atoms with Crippen molar-refractivity contribution in [2.45, 2.75) is 0 Å². The van der Waals surface area contributed by atoms with Crippen molar-refractivity contribution >= 4 is 39.6 Å². The number of hydrogen-bond donors (Lipinski definition) is 0. The van der Waals surface area contributed by atoms with E-state index in [1.54, 1.807) is 33.1 Å². The van der Waals surface area contributed by atoms with Crippen molar-refractivity contribution in [2.24, 2.45) is 0 Å². The quantitative estimate of drug-likeness (QED) is 0.484. The monoisotopic (exact) mass is 352 g/mol. The summed E-state index contributed by atoms with van der Waals surface area (Å²) >= 11 is 7.89. The average molecular weight is 353 g/mol. The Labute approximate surface area is 145 Å². The molecule has 0 spiro atoms. The van der Waals surface area contributed by atoms with E-state index in [-0.39, 0.29) is 0 Å². The zero-order chi connectivity index (χ0) is 16.1. The first kappa shape index (κ1) is 13.6. The minimum absolute atomic E-state index is 0.616. The van der Waals surface area contributed by atoms with E-state index in [0.29, 0.717) is 16.5 Å². The second-order valence-corrected chi connectivity index (χ2v) is 6.53. The molecular formula is C16H9ClN6S. The molecule has 1 aromatic carbocycles. The second-order valence-electron chi connectivity index (χ2n) is 5.17. The normalized spacial score (nSPS) is 11.5. The van der Waals surface area contributed by atoms with Gasteiger partial charge >= 0.3 is 0 Å². The van der Waals surface area contributed by atoms with Gasteiger partial charge in [0.1, 0.15) is 6.33 Å². The minimum atomic E-state index is 0.616. The van der Waals surface area contributed by atoms with Gasteiger partial charge in [-0.15, -0.1) is 16.4 Å². The van der Waals surface area contributed by atoms with Crippen LogP contribution in [-0.2, 0) is 0 Å². The van der Waals surface area contributed by atoms with Crippen molar-refractivity contribution in [1.82, 2.24) is 29.4 Å². The topological polar surface area (TPSA) is 60.9 Å². The molecule has 5 rings (SSSR count). The van der Waals surface area contributed by atoms with Gasteiger partial charge in [-0.3, -0.25) is 0 Å². The Morgan fingerprint density at radius 3 is 2.79 bits per heavy atom. The van der Waals surface area contributed by atoms with Gasteiger partial charge in [0.15, 0.2) is 17.1 Å². The Morgan fingerprint density at radius 2 is 1.96 bits per heavy atom. The first-order valence-corrected chi connectivity index (χ1v) is 8.45. The highest BCUT2D eigenvalue weighted by atomic mass is 35.5. The largest absolute Gasteiger partial charge is 0.216 e. The highest BCUT2D eigenvalue weighted by Crippen LogP contribution is 2.26. The summed E-state index contributed by atoms with van der Waals surface area (Å²) in [5, 5.41) is 12.4. The second kappa shape index (κ2) is 5.12.